The smallest absolute Gasteiger partial charge is 0.220 e. The van der Waals surface area contributed by atoms with Gasteiger partial charge in [-0.3, -0.25) is 4.79 Å². The molecule has 0 spiro atoms. The summed E-state index contributed by atoms with van der Waals surface area (Å²) in [5.41, 5.74) is 6.34. The van der Waals surface area contributed by atoms with Gasteiger partial charge < -0.3 is 15.5 Å². The third-order valence-electron chi connectivity index (χ3n) is 4.38. The molecule has 1 aromatic heterocycles. The van der Waals surface area contributed by atoms with Crippen molar-refractivity contribution in [2.45, 2.75) is 39.2 Å². The molecule has 130 valence electrons. The molecule has 5 nitrogen and oxygen atoms in total. The van der Waals surface area contributed by atoms with Gasteiger partial charge in [-0.05, 0) is 18.9 Å². The van der Waals surface area contributed by atoms with Gasteiger partial charge in [0.2, 0.25) is 5.91 Å². The second-order valence-corrected chi connectivity index (χ2v) is 7.28. The number of halogens is 1. The highest BCUT2D eigenvalue weighted by atomic mass is 79.9. The van der Waals surface area contributed by atoms with Crippen LogP contribution in [-0.4, -0.2) is 23.0 Å². The van der Waals surface area contributed by atoms with Crippen LogP contribution in [0.15, 0.2) is 39.4 Å². The Morgan fingerprint density at radius 1 is 1.42 bits per heavy atom. The van der Waals surface area contributed by atoms with Crippen molar-refractivity contribution in [1.82, 2.24) is 10.3 Å². The number of aromatic nitrogens is 1. The average Bonchev–Trinajstić information content (AvgIpc) is 3.01. The fourth-order valence-electron chi connectivity index (χ4n) is 2.24. The van der Waals surface area contributed by atoms with Gasteiger partial charge in [-0.2, -0.15) is 0 Å². The van der Waals surface area contributed by atoms with Gasteiger partial charge in [0.15, 0.2) is 11.7 Å². The maximum atomic E-state index is 12.2. The summed E-state index contributed by atoms with van der Waals surface area (Å²) in [5, 5.41) is 3.02. The van der Waals surface area contributed by atoms with E-state index in [0.29, 0.717) is 31.0 Å². The number of amides is 1. The Labute approximate surface area is 151 Å². The lowest BCUT2D eigenvalue weighted by molar-refractivity contribution is -0.123. The number of aryl methyl sites for hydroxylation is 1. The largest absolute Gasteiger partial charge is 0.441 e. The molecular weight excluding hydrogens is 370 g/mol. The number of carbonyl (C=O) groups excluding carboxylic acids is 1. The number of rotatable bonds is 7. The van der Waals surface area contributed by atoms with Crippen molar-refractivity contribution in [2.75, 3.05) is 6.54 Å². The lowest BCUT2D eigenvalue weighted by Gasteiger charge is -2.33. The molecule has 1 amide bonds. The summed E-state index contributed by atoms with van der Waals surface area (Å²) in [6, 6.07) is 7.79. The van der Waals surface area contributed by atoms with Gasteiger partial charge in [-0.1, -0.05) is 48.0 Å². The van der Waals surface area contributed by atoms with E-state index >= 15 is 0 Å². The number of hydrogen-bond acceptors (Lipinski definition) is 4. The minimum absolute atomic E-state index is 0.0442. The predicted octanol–water partition coefficient (Wildman–Crippen LogP) is 3.53. The first-order valence-corrected chi connectivity index (χ1v) is 8.85. The number of hydrogen-bond donors (Lipinski definition) is 2. The van der Waals surface area contributed by atoms with Crippen molar-refractivity contribution >= 4 is 21.8 Å². The molecule has 0 fully saturated rings. The van der Waals surface area contributed by atoms with Crippen LogP contribution in [0.4, 0.5) is 0 Å². The Bertz CT molecular complexity index is 699. The zero-order valence-corrected chi connectivity index (χ0v) is 15.9. The van der Waals surface area contributed by atoms with Crippen LogP contribution in [0, 0.1) is 5.92 Å². The quantitative estimate of drug-likeness (QED) is 0.753. The number of oxazole rings is 1. The van der Waals surface area contributed by atoms with E-state index in [-0.39, 0.29) is 11.8 Å². The van der Waals surface area contributed by atoms with Crippen molar-refractivity contribution in [3.63, 3.8) is 0 Å². The molecule has 1 unspecified atom stereocenters. The lowest BCUT2D eigenvalue weighted by atomic mass is 9.88. The summed E-state index contributed by atoms with van der Waals surface area (Å²) in [5.74, 6) is 1.45. The Morgan fingerprint density at radius 3 is 2.75 bits per heavy atom. The fraction of sp³-hybridized carbons (Fsp3) is 0.444. The van der Waals surface area contributed by atoms with Gasteiger partial charge in [0.05, 0.1) is 11.7 Å². The van der Waals surface area contributed by atoms with Gasteiger partial charge in [0.1, 0.15) is 0 Å². The van der Waals surface area contributed by atoms with E-state index in [1.54, 1.807) is 6.20 Å². The van der Waals surface area contributed by atoms with Crippen LogP contribution >= 0.6 is 15.9 Å². The highest BCUT2D eigenvalue weighted by molar-refractivity contribution is 9.10. The van der Waals surface area contributed by atoms with E-state index in [1.165, 1.54) is 0 Å². The number of benzene rings is 1. The van der Waals surface area contributed by atoms with E-state index < -0.39 is 5.54 Å². The predicted molar refractivity (Wildman–Crippen MR) is 98.4 cm³/mol. The number of nitrogens with two attached hydrogens (primary N) is 1. The topological polar surface area (TPSA) is 81.1 Å². The number of nitrogens with zero attached hydrogens (tertiary/aromatic N) is 1. The monoisotopic (exact) mass is 393 g/mol. The standard InChI is InChI=1S/C18H24BrN3O2/c1-12(2)18(3,11-20)22-16(23)8-9-17-21-10-15(24-17)13-6-4-5-7-14(13)19/h4-7,10,12H,8-9,11,20H2,1-3H3,(H,22,23). The molecule has 24 heavy (non-hydrogen) atoms. The van der Waals surface area contributed by atoms with Crippen LogP contribution in [0.1, 0.15) is 33.1 Å². The molecule has 1 atom stereocenters. The van der Waals surface area contributed by atoms with E-state index in [2.05, 4.69) is 26.2 Å². The van der Waals surface area contributed by atoms with Crippen LogP contribution in [0.2, 0.25) is 0 Å². The van der Waals surface area contributed by atoms with E-state index in [9.17, 15) is 4.79 Å². The molecule has 0 radical (unpaired) electrons. The molecule has 0 saturated carbocycles. The molecule has 1 aromatic carbocycles. The van der Waals surface area contributed by atoms with Crippen LogP contribution in [0.3, 0.4) is 0 Å². The second-order valence-electron chi connectivity index (χ2n) is 6.42. The van der Waals surface area contributed by atoms with Crippen LogP contribution in [0.25, 0.3) is 11.3 Å². The van der Waals surface area contributed by atoms with Gasteiger partial charge in [0, 0.05) is 29.4 Å². The maximum Gasteiger partial charge on any atom is 0.220 e. The molecule has 2 rings (SSSR count). The van der Waals surface area contributed by atoms with Gasteiger partial charge >= 0.3 is 0 Å². The first-order chi connectivity index (χ1) is 11.4. The van der Waals surface area contributed by atoms with Crippen molar-refractivity contribution in [1.29, 1.82) is 0 Å². The minimum atomic E-state index is -0.395. The minimum Gasteiger partial charge on any atom is -0.441 e. The third-order valence-corrected chi connectivity index (χ3v) is 5.07. The number of nitrogens with one attached hydrogen (secondary N) is 1. The van der Waals surface area contributed by atoms with Crippen LogP contribution in [0.5, 0.6) is 0 Å². The summed E-state index contributed by atoms with van der Waals surface area (Å²) in [6.07, 6.45) is 2.46. The van der Waals surface area contributed by atoms with E-state index in [4.69, 9.17) is 10.2 Å². The second kappa shape index (κ2) is 7.94. The Hall–Kier alpha value is -1.66. The van der Waals surface area contributed by atoms with Gasteiger partial charge in [0.25, 0.3) is 0 Å². The van der Waals surface area contributed by atoms with Crippen LogP contribution in [-0.2, 0) is 11.2 Å². The summed E-state index contributed by atoms with van der Waals surface area (Å²) < 4.78 is 6.70. The van der Waals surface area contributed by atoms with Crippen molar-refractivity contribution in [2.24, 2.45) is 11.7 Å². The fourth-order valence-corrected chi connectivity index (χ4v) is 2.72. The molecule has 0 aliphatic heterocycles. The van der Waals surface area contributed by atoms with E-state index in [1.807, 2.05) is 45.0 Å². The molecule has 6 heteroatoms. The summed E-state index contributed by atoms with van der Waals surface area (Å²) in [6.45, 7) is 6.46. The van der Waals surface area contributed by atoms with Crippen molar-refractivity contribution in [3.8, 4) is 11.3 Å². The SMILES string of the molecule is CC(C)C(C)(CN)NC(=O)CCc1ncc(-c2ccccc2Br)o1. The lowest BCUT2D eigenvalue weighted by Crippen LogP contribution is -2.55. The highest BCUT2D eigenvalue weighted by Gasteiger charge is 2.28. The van der Waals surface area contributed by atoms with E-state index in [0.717, 1.165) is 10.0 Å². The Balaban J connectivity index is 1.96. The summed E-state index contributed by atoms with van der Waals surface area (Å²) >= 11 is 3.50. The highest BCUT2D eigenvalue weighted by Crippen LogP contribution is 2.28. The zero-order valence-electron chi connectivity index (χ0n) is 14.3. The Morgan fingerprint density at radius 2 is 2.12 bits per heavy atom. The third kappa shape index (κ3) is 4.45. The maximum absolute atomic E-state index is 12.2. The molecule has 0 aliphatic rings. The van der Waals surface area contributed by atoms with Gasteiger partial charge in [-0.25, -0.2) is 4.98 Å². The molecule has 0 aliphatic carbocycles. The molecule has 3 N–H and O–H groups in total. The Kier molecular flexibility index (Phi) is 6.18. The number of carbonyl (C=O) groups is 1. The molecule has 2 aromatic rings. The molecule has 0 saturated heterocycles. The van der Waals surface area contributed by atoms with Crippen LogP contribution < -0.4 is 11.1 Å². The summed E-state index contributed by atoms with van der Waals surface area (Å²) in [4.78, 5) is 16.4. The molecule has 1 heterocycles. The van der Waals surface area contributed by atoms with Crippen molar-refractivity contribution in [3.05, 3.63) is 40.8 Å². The first kappa shape index (κ1) is 18.7. The summed E-state index contributed by atoms with van der Waals surface area (Å²) in [7, 11) is 0. The first-order valence-electron chi connectivity index (χ1n) is 8.06. The van der Waals surface area contributed by atoms with Crippen molar-refractivity contribution < 1.29 is 9.21 Å². The molecule has 0 bridgehead atoms. The normalized spacial score (nSPS) is 13.8. The molecular formula is C18H24BrN3O2. The zero-order chi connectivity index (χ0) is 17.7. The average molecular weight is 394 g/mol. The van der Waals surface area contributed by atoms with Gasteiger partial charge in [-0.15, -0.1) is 0 Å².